The fraction of sp³-hybridized carbons (Fsp3) is 0.414. The number of hydrogen-bond acceptors (Lipinski definition) is 9. The van der Waals surface area contributed by atoms with Gasteiger partial charge < -0.3 is 24.4 Å². The summed E-state index contributed by atoms with van der Waals surface area (Å²) >= 11 is 0. The Bertz CT molecular complexity index is 1330. The summed E-state index contributed by atoms with van der Waals surface area (Å²) in [6.45, 7) is 5.64. The Morgan fingerprint density at radius 1 is 1.15 bits per heavy atom. The zero-order valence-electron chi connectivity index (χ0n) is 22.0. The van der Waals surface area contributed by atoms with Crippen LogP contribution in [0.15, 0.2) is 48.8 Å². The number of carbonyl (C=O) groups excluding carboxylic acids is 1. The molecule has 39 heavy (non-hydrogen) atoms. The molecule has 202 valence electrons. The van der Waals surface area contributed by atoms with E-state index in [1.165, 1.54) is 6.92 Å². The highest BCUT2D eigenvalue weighted by Gasteiger charge is 2.26. The lowest BCUT2D eigenvalue weighted by molar-refractivity contribution is -0.141. The molecule has 5 rings (SSSR count). The van der Waals surface area contributed by atoms with E-state index in [9.17, 15) is 15.2 Å². The van der Waals surface area contributed by atoms with Crippen molar-refractivity contribution < 1.29 is 19.4 Å². The van der Waals surface area contributed by atoms with Gasteiger partial charge in [-0.25, -0.2) is 15.0 Å². The second-order valence-electron chi connectivity index (χ2n) is 9.80. The van der Waals surface area contributed by atoms with Crippen molar-refractivity contribution in [3.8, 4) is 23.1 Å². The molecule has 1 N–H and O–H groups in total. The maximum Gasteiger partial charge on any atom is 0.251 e. The van der Waals surface area contributed by atoms with Gasteiger partial charge in [-0.2, -0.15) is 5.26 Å². The third-order valence-corrected chi connectivity index (χ3v) is 7.01. The molecule has 1 amide bonds. The third-order valence-electron chi connectivity index (χ3n) is 7.01. The Labute approximate surface area is 227 Å². The van der Waals surface area contributed by atoms with E-state index < -0.39 is 6.10 Å². The van der Waals surface area contributed by atoms with Crippen LogP contribution >= 0.6 is 0 Å². The number of nitrogens with zero attached hydrogens (tertiary/aromatic N) is 6. The van der Waals surface area contributed by atoms with Gasteiger partial charge in [0.15, 0.2) is 0 Å². The van der Waals surface area contributed by atoms with Crippen LogP contribution in [0.25, 0.3) is 11.3 Å². The summed E-state index contributed by atoms with van der Waals surface area (Å²) in [6.07, 6.45) is 4.32. The number of rotatable bonds is 7. The second-order valence-corrected chi connectivity index (χ2v) is 9.80. The van der Waals surface area contributed by atoms with Gasteiger partial charge in [0.25, 0.3) is 5.91 Å². The first-order valence-corrected chi connectivity index (χ1v) is 13.3. The first-order valence-electron chi connectivity index (χ1n) is 13.3. The molecule has 1 atom stereocenters. The molecule has 0 aliphatic carbocycles. The van der Waals surface area contributed by atoms with Crippen molar-refractivity contribution >= 4 is 11.7 Å². The van der Waals surface area contributed by atoms with E-state index in [4.69, 9.17) is 14.5 Å². The molecule has 2 fully saturated rings. The topological polar surface area (TPSA) is 125 Å². The van der Waals surface area contributed by atoms with Gasteiger partial charge in [-0.3, -0.25) is 4.79 Å². The predicted octanol–water partition coefficient (Wildman–Crippen LogP) is 2.59. The molecule has 0 bridgehead atoms. The van der Waals surface area contributed by atoms with Crippen molar-refractivity contribution in [1.82, 2.24) is 19.9 Å². The SMILES string of the molecule is C[C@H](O)C(=O)N1CCC(Oc2ccc(-c3ccnc(Cc4ccc(N5CCOCC5)nc4)n3)cc2C#N)CC1. The Morgan fingerprint density at radius 2 is 1.95 bits per heavy atom. The van der Waals surface area contributed by atoms with Crippen LogP contribution in [-0.2, 0) is 16.0 Å². The maximum absolute atomic E-state index is 12.0. The van der Waals surface area contributed by atoms with E-state index in [1.54, 1.807) is 23.2 Å². The van der Waals surface area contributed by atoms with Gasteiger partial charge >= 0.3 is 0 Å². The number of amides is 1. The van der Waals surface area contributed by atoms with Gasteiger partial charge in [0.1, 0.15) is 35.7 Å². The molecule has 10 heteroatoms. The lowest BCUT2D eigenvalue weighted by Crippen LogP contribution is -2.45. The van der Waals surface area contributed by atoms with E-state index in [0.717, 1.165) is 48.9 Å². The number of hydrogen-bond donors (Lipinski definition) is 1. The Hall–Kier alpha value is -4.07. The molecule has 0 radical (unpaired) electrons. The Balaban J connectivity index is 1.23. The number of carbonyl (C=O) groups is 1. The summed E-state index contributed by atoms with van der Waals surface area (Å²) in [4.78, 5) is 29.7. The molecule has 1 aromatic carbocycles. The van der Waals surface area contributed by atoms with E-state index in [1.807, 2.05) is 24.4 Å². The molecule has 2 aliphatic rings. The Morgan fingerprint density at radius 3 is 2.64 bits per heavy atom. The van der Waals surface area contributed by atoms with Crippen LogP contribution in [0.2, 0.25) is 0 Å². The van der Waals surface area contributed by atoms with E-state index in [0.29, 0.717) is 49.5 Å². The number of benzene rings is 1. The molecule has 10 nitrogen and oxygen atoms in total. The molecule has 4 heterocycles. The maximum atomic E-state index is 12.0. The molecular formula is C29H32N6O4. The fourth-order valence-electron chi connectivity index (χ4n) is 4.85. The van der Waals surface area contributed by atoms with Gasteiger partial charge in [0.05, 0.1) is 24.5 Å². The van der Waals surface area contributed by atoms with Crippen LogP contribution in [-0.4, -0.2) is 82.5 Å². The van der Waals surface area contributed by atoms with Crippen LogP contribution < -0.4 is 9.64 Å². The summed E-state index contributed by atoms with van der Waals surface area (Å²) in [7, 11) is 0. The molecule has 2 saturated heterocycles. The highest BCUT2D eigenvalue weighted by molar-refractivity contribution is 5.80. The summed E-state index contributed by atoms with van der Waals surface area (Å²) in [6, 6.07) is 13.6. The van der Waals surface area contributed by atoms with Gasteiger partial charge in [-0.15, -0.1) is 0 Å². The highest BCUT2D eigenvalue weighted by atomic mass is 16.5. The zero-order valence-corrected chi connectivity index (χ0v) is 22.0. The molecule has 0 saturated carbocycles. The predicted molar refractivity (Wildman–Crippen MR) is 144 cm³/mol. The number of likely N-dealkylation sites (tertiary alicyclic amines) is 1. The van der Waals surface area contributed by atoms with Crippen LogP contribution in [0.1, 0.15) is 36.7 Å². The number of aromatic nitrogens is 3. The lowest BCUT2D eigenvalue weighted by atomic mass is 10.1. The molecule has 0 spiro atoms. The van der Waals surface area contributed by atoms with Crippen LogP contribution in [0, 0.1) is 11.3 Å². The van der Waals surface area contributed by atoms with Gasteiger partial charge in [0.2, 0.25) is 0 Å². The average molecular weight is 529 g/mol. The van der Waals surface area contributed by atoms with Crippen LogP contribution in [0.5, 0.6) is 5.75 Å². The van der Waals surface area contributed by atoms with Crippen LogP contribution in [0.4, 0.5) is 5.82 Å². The van der Waals surface area contributed by atoms with Gasteiger partial charge in [0, 0.05) is 63.4 Å². The van der Waals surface area contributed by atoms with Gasteiger partial charge in [-0.1, -0.05) is 6.07 Å². The van der Waals surface area contributed by atoms with Gasteiger partial charge in [-0.05, 0) is 42.8 Å². The smallest absolute Gasteiger partial charge is 0.251 e. The van der Waals surface area contributed by atoms with E-state index >= 15 is 0 Å². The number of anilines is 1. The Kier molecular flexibility index (Phi) is 8.30. The average Bonchev–Trinajstić information content (AvgIpc) is 2.98. The second kappa shape index (κ2) is 12.2. The number of nitriles is 1. The summed E-state index contributed by atoms with van der Waals surface area (Å²) in [5, 5.41) is 19.3. The number of aliphatic hydroxyl groups is 1. The largest absolute Gasteiger partial charge is 0.489 e. The van der Waals surface area contributed by atoms with Crippen molar-refractivity contribution in [3.63, 3.8) is 0 Å². The monoisotopic (exact) mass is 528 g/mol. The minimum absolute atomic E-state index is 0.102. The number of aliphatic hydroxyl groups excluding tert-OH is 1. The minimum Gasteiger partial charge on any atom is -0.489 e. The summed E-state index contributed by atoms with van der Waals surface area (Å²) < 4.78 is 11.6. The minimum atomic E-state index is -1.000. The first kappa shape index (κ1) is 26.5. The zero-order chi connectivity index (χ0) is 27.2. The van der Waals surface area contributed by atoms with Crippen molar-refractivity contribution in [1.29, 1.82) is 5.26 Å². The van der Waals surface area contributed by atoms with E-state index in [-0.39, 0.29) is 12.0 Å². The quantitative estimate of drug-likeness (QED) is 0.493. The van der Waals surface area contributed by atoms with Crippen LogP contribution in [0.3, 0.4) is 0 Å². The standard InChI is InChI=1S/C29H32N6O4/c1-20(36)29(37)35-10-7-24(8-11-35)39-26-4-3-22(17-23(26)18-30)25-6-9-31-27(33-25)16-21-2-5-28(32-19-21)34-12-14-38-15-13-34/h2-6,9,17,19-20,24,36H,7-8,10-16H2,1H3/t20-/m0/s1. The first-order chi connectivity index (χ1) is 19.0. The molecule has 0 unspecified atom stereocenters. The number of pyridine rings is 1. The highest BCUT2D eigenvalue weighted by Crippen LogP contribution is 2.28. The summed E-state index contributed by atoms with van der Waals surface area (Å²) in [5.41, 5.74) is 2.98. The number of morpholine rings is 1. The van der Waals surface area contributed by atoms with Crippen molar-refractivity contribution in [2.75, 3.05) is 44.3 Å². The third kappa shape index (κ3) is 6.50. The van der Waals surface area contributed by atoms with Crippen molar-refractivity contribution in [3.05, 3.63) is 65.7 Å². The summed E-state index contributed by atoms with van der Waals surface area (Å²) in [5.74, 6) is 1.87. The lowest BCUT2D eigenvalue weighted by Gasteiger charge is -2.33. The van der Waals surface area contributed by atoms with E-state index in [2.05, 4.69) is 27.0 Å². The molecule has 2 aromatic heterocycles. The normalized spacial score (nSPS) is 16.9. The molecule has 3 aromatic rings. The van der Waals surface area contributed by atoms with Crippen molar-refractivity contribution in [2.24, 2.45) is 0 Å². The molecular weight excluding hydrogens is 496 g/mol. The number of ether oxygens (including phenoxy) is 2. The van der Waals surface area contributed by atoms with Crippen molar-refractivity contribution in [2.45, 2.75) is 38.4 Å². The number of piperidine rings is 1. The molecule has 2 aliphatic heterocycles. The fourth-order valence-corrected chi connectivity index (χ4v) is 4.85.